The maximum Gasteiger partial charge on any atom is 0.119 e. The first kappa shape index (κ1) is 16.8. The summed E-state index contributed by atoms with van der Waals surface area (Å²) >= 11 is 0. The lowest BCUT2D eigenvalue weighted by molar-refractivity contribution is 0.00545. The summed E-state index contributed by atoms with van der Waals surface area (Å²) < 4.78 is 16.2. The minimum atomic E-state index is -0.859. The zero-order valence-corrected chi connectivity index (χ0v) is 12.3. The summed E-state index contributed by atoms with van der Waals surface area (Å²) in [7, 11) is 1.69. The van der Waals surface area contributed by atoms with Crippen LogP contribution in [0.1, 0.15) is 20.3 Å². The molecular formula is C15H24O5. The van der Waals surface area contributed by atoms with Crippen LogP contribution in [0.3, 0.4) is 0 Å². The largest absolute Gasteiger partial charge is 0.493 e. The molecule has 2 N–H and O–H groups in total. The summed E-state index contributed by atoms with van der Waals surface area (Å²) in [6.07, 6.45) is -0.0630. The van der Waals surface area contributed by atoms with Gasteiger partial charge in [-0.05, 0) is 38.1 Å². The third-order valence-corrected chi connectivity index (χ3v) is 3.00. The molecule has 0 heterocycles. The van der Waals surface area contributed by atoms with Crippen molar-refractivity contribution in [2.75, 3.05) is 26.9 Å². The highest BCUT2D eigenvalue weighted by Crippen LogP contribution is 2.19. The Morgan fingerprint density at radius 1 is 1.10 bits per heavy atom. The maximum absolute atomic E-state index is 9.18. The number of ether oxygens (including phenoxy) is 3. The Hall–Kier alpha value is -1.30. The van der Waals surface area contributed by atoms with Crippen molar-refractivity contribution in [1.82, 2.24) is 0 Å². The molecular weight excluding hydrogens is 260 g/mol. The minimum Gasteiger partial charge on any atom is -0.493 e. The molecule has 0 spiro atoms. The van der Waals surface area contributed by atoms with Gasteiger partial charge in [0.05, 0.1) is 18.8 Å². The van der Waals surface area contributed by atoms with Crippen LogP contribution in [-0.2, 0) is 4.74 Å². The first-order valence-electron chi connectivity index (χ1n) is 6.66. The Morgan fingerprint density at radius 3 is 2.15 bits per heavy atom. The van der Waals surface area contributed by atoms with Gasteiger partial charge in [-0.1, -0.05) is 0 Å². The van der Waals surface area contributed by atoms with Gasteiger partial charge in [-0.25, -0.2) is 0 Å². The van der Waals surface area contributed by atoms with Crippen molar-refractivity contribution in [2.24, 2.45) is 0 Å². The van der Waals surface area contributed by atoms with Crippen LogP contribution in [0.5, 0.6) is 11.5 Å². The van der Waals surface area contributed by atoms with E-state index in [0.717, 1.165) is 12.2 Å². The molecule has 0 radical (unpaired) electrons. The molecule has 1 aromatic carbocycles. The molecule has 1 rings (SSSR count). The van der Waals surface area contributed by atoms with Crippen LogP contribution in [0.25, 0.3) is 0 Å². The van der Waals surface area contributed by atoms with Crippen molar-refractivity contribution in [3.8, 4) is 11.5 Å². The predicted molar refractivity (Wildman–Crippen MR) is 76.2 cm³/mol. The second-order valence-electron chi connectivity index (χ2n) is 5.18. The van der Waals surface area contributed by atoms with Gasteiger partial charge in [0.1, 0.15) is 24.2 Å². The third kappa shape index (κ3) is 6.23. The topological polar surface area (TPSA) is 68.2 Å². The number of aliphatic hydroxyl groups excluding tert-OH is 2. The second kappa shape index (κ2) is 8.09. The van der Waals surface area contributed by atoms with Gasteiger partial charge in [-0.15, -0.1) is 0 Å². The first-order chi connectivity index (χ1) is 9.46. The molecule has 0 fully saturated rings. The van der Waals surface area contributed by atoms with Crippen LogP contribution in [-0.4, -0.2) is 48.8 Å². The van der Waals surface area contributed by atoms with E-state index >= 15 is 0 Å². The van der Waals surface area contributed by atoms with Crippen LogP contribution in [0.15, 0.2) is 24.3 Å². The van der Waals surface area contributed by atoms with Crippen LogP contribution >= 0.6 is 0 Å². The van der Waals surface area contributed by atoms with Gasteiger partial charge < -0.3 is 24.4 Å². The first-order valence-corrected chi connectivity index (χ1v) is 6.66. The van der Waals surface area contributed by atoms with E-state index in [1.165, 1.54) is 0 Å². The lowest BCUT2D eigenvalue weighted by Gasteiger charge is -2.22. The predicted octanol–water partition coefficient (Wildman–Crippen LogP) is 1.61. The summed E-state index contributed by atoms with van der Waals surface area (Å²) in [6.45, 7) is 4.36. The molecule has 114 valence electrons. The highest BCUT2D eigenvalue weighted by molar-refractivity contribution is 5.31. The Kier molecular flexibility index (Phi) is 6.78. The molecule has 5 nitrogen and oxygen atoms in total. The molecule has 20 heavy (non-hydrogen) atoms. The Balaban J connectivity index is 2.35. The fraction of sp³-hybridized carbons (Fsp3) is 0.600. The highest BCUT2D eigenvalue weighted by atomic mass is 16.5. The molecule has 0 amide bonds. The van der Waals surface area contributed by atoms with Crippen molar-refractivity contribution < 1.29 is 24.4 Å². The van der Waals surface area contributed by atoms with Crippen molar-refractivity contribution in [2.45, 2.75) is 32.0 Å². The van der Waals surface area contributed by atoms with Gasteiger partial charge in [0.25, 0.3) is 0 Å². The van der Waals surface area contributed by atoms with Gasteiger partial charge >= 0.3 is 0 Å². The zero-order chi connectivity index (χ0) is 15.0. The smallest absolute Gasteiger partial charge is 0.119 e. The molecule has 1 aromatic rings. The number of benzene rings is 1. The number of hydrogen-bond acceptors (Lipinski definition) is 5. The Morgan fingerprint density at radius 2 is 1.65 bits per heavy atom. The van der Waals surface area contributed by atoms with Crippen LogP contribution in [0.2, 0.25) is 0 Å². The molecule has 0 saturated heterocycles. The van der Waals surface area contributed by atoms with Gasteiger partial charge in [0, 0.05) is 13.5 Å². The summed E-state index contributed by atoms with van der Waals surface area (Å²) in [4.78, 5) is 0. The summed E-state index contributed by atoms with van der Waals surface area (Å²) in [5.74, 6) is 1.38. The number of hydrogen-bond donors (Lipinski definition) is 2. The summed E-state index contributed by atoms with van der Waals surface area (Å²) in [6, 6.07) is 7.14. The monoisotopic (exact) mass is 284 g/mol. The molecule has 5 heteroatoms. The fourth-order valence-electron chi connectivity index (χ4n) is 1.39. The average Bonchev–Trinajstić information content (AvgIpc) is 2.46. The van der Waals surface area contributed by atoms with Crippen molar-refractivity contribution in [3.63, 3.8) is 0 Å². The van der Waals surface area contributed by atoms with Gasteiger partial charge in [-0.3, -0.25) is 0 Å². The van der Waals surface area contributed by atoms with E-state index < -0.39 is 6.10 Å². The van der Waals surface area contributed by atoms with Crippen LogP contribution in [0, 0.1) is 0 Å². The van der Waals surface area contributed by atoms with E-state index in [2.05, 4.69) is 0 Å². The molecule has 1 atom stereocenters. The van der Waals surface area contributed by atoms with E-state index in [9.17, 15) is 5.11 Å². The molecule has 0 aromatic heterocycles. The molecule has 0 aliphatic carbocycles. The standard InChI is InChI=1S/C15H24O5/c1-15(2,18-3)8-9-19-13-4-6-14(7-5-13)20-11-12(17)10-16/h4-7,12,16-17H,8-11H2,1-3H3. The van der Waals surface area contributed by atoms with Gasteiger partial charge in [0.2, 0.25) is 0 Å². The van der Waals surface area contributed by atoms with Crippen LogP contribution < -0.4 is 9.47 Å². The third-order valence-electron chi connectivity index (χ3n) is 3.00. The molecule has 1 unspecified atom stereocenters. The lowest BCUT2D eigenvalue weighted by atomic mass is 10.1. The molecule has 0 bridgehead atoms. The molecule has 0 saturated carbocycles. The molecule has 0 aliphatic rings. The highest BCUT2D eigenvalue weighted by Gasteiger charge is 2.15. The Bertz CT molecular complexity index is 374. The van der Waals surface area contributed by atoms with E-state index in [1.807, 2.05) is 13.8 Å². The van der Waals surface area contributed by atoms with E-state index in [4.69, 9.17) is 19.3 Å². The van der Waals surface area contributed by atoms with Gasteiger partial charge in [-0.2, -0.15) is 0 Å². The summed E-state index contributed by atoms with van der Waals surface area (Å²) in [5.41, 5.74) is -0.191. The SMILES string of the molecule is COC(C)(C)CCOc1ccc(OCC(O)CO)cc1. The van der Waals surface area contributed by atoms with E-state index in [1.54, 1.807) is 31.4 Å². The van der Waals surface area contributed by atoms with Gasteiger partial charge in [0.15, 0.2) is 0 Å². The van der Waals surface area contributed by atoms with E-state index in [0.29, 0.717) is 12.4 Å². The zero-order valence-electron chi connectivity index (χ0n) is 12.3. The normalized spacial score (nSPS) is 13.1. The summed E-state index contributed by atoms with van der Waals surface area (Å²) in [5, 5.41) is 17.9. The maximum atomic E-state index is 9.18. The number of methoxy groups -OCH3 is 1. The number of rotatable bonds is 9. The Labute approximate surface area is 120 Å². The number of aliphatic hydroxyl groups is 2. The van der Waals surface area contributed by atoms with E-state index in [-0.39, 0.29) is 18.8 Å². The average molecular weight is 284 g/mol. The fourth-order valence-corrected chi connectivity index (χ4v) is 1.39. The minimum absolute atomic E-state index is 0.0682. The lowest BCUT2D eigenvalue weighted by Crippen LogP contribution is -2.25. The molecule has 0 aliphatic heterocycles. The second-order valence-corrected chi connectivity index (χ2v) is 5.18. The van der Waals surface area contributed by atoms with Crippen LogP contribution in [0.4, 0.5) is 0 Å². The van der Waals surface area contributed by atoms with Crippen molar-refractivity contribution in [3.05, 3.63) is 24.3 Å². The van der Waals surface area contributed by atoms with Crippen molar-refractivity contribution in [1.29, 1.82) is 0 Å². The quantitative estimate of drug-likeness (QED) is 0.721. The van der Waals surface area contributed by atoms with Crippen molar-refractivity contribution >= 4 is 0 Å².